The Balaban J connectivity index is 1.62. The average molecular weight is 331 g/mol. The van der Waals surface area contributed by atoms with Gasteiger partial charge in [0.15, 0.2) is 5.11 Å². The predicted molar refractivity (Wildman–Crippen MR) is 96.5 cm³/mol. The van der Waals surface area contributed by atoms with Crippen molar-refractivity contribution in [3.8, 4) is 0 Å². The van der Waals surface area contributed by atoms with Crippen molar-refractivity contribution in [3.63, 3.8) is 0 Å². The summed E-state index contributed by atoms with van der Waals surface area (Å²) in [5.41, 5.74) is 7.33. The molecule has 0 aliphatic carbocycles. The number of benzene rings is 2. The van der Waals surface area contributed by atoms with Gasteiger partial charge in [-0.05, 0) is 29.9 Å². The van der Waals surface area contributed by atoms with Crippen LogP contribution in [0.5, 0.6) is 0 Å². The Morgan fingerprint density at radius 2 is 1.59 bits per heavy atom. The van der Waals surface area contributed by atoms with Gasteiger partial charge >= 0.3 is 0 Å². The minimum absolute atomic E-state index is 0.113. The van der Waals surface area contributed by atoms with Gasteiger partial charge in [-0.3, -0.25) is 15.6 Å². The van der Waals surface area contributed by atoms with E-state index >= 15 is 0 Å². The Morgan fingerprint density at radius 3 is 2.27 bits per heavy atom. The molecule has 1 amide bonds. The lowest BCUT2D eigenvalue weighted by atomic mass is 10.2. The molecule has 2 aromatic rings. The quantitative estimate of drug-likeness (QED) is 0.581. The highest BCUT2D eigenvalue weighted by Crippen LogP contribution is 2.10. The van der Waals surface area contributed by atoms with Gasteiger partial charge in [-0.2, -0.15) is 0 Å². The SMILES string of the molecule is O=C(CSCc1ccccc1)NNC(=S)Nc1ccccc1. The van der Waals surface area contributed by atoms with Crippen molar-refractivity contribution in [2.75, 3.05) is 11.1 Å². The van der Waals surface area contributed by atoms with E-state index in [1.54, 1.807) is 11.8 Å². The molecule has 0 saturated heterocycles. The number of thiocarbonyl (C=S) groups is 1. The summed E-state index contributed by atoms with van der Waals surface area (Å²) in [5.74, 6) is 1.06. The maximum atomic E-state index is 11.7. The molecular weight excluding hydrogens is 314 g/mol. The number of hydrogen-bond acceptors (Lipinski definition) is 3. The van der Waals surface area contributed by atoms with E-state index in [9.17, 15) is 4.79 Å². The molecule has 0 aromatic heterocycles. The molecular formula is C16H17N3OS2. The molecule has 2 aromatic carbocycles. The summed E-state index contributed by atoms with van der Waals surface area (Å²) >= 11 is 6.65. The maximum absolute atomic E-state index is 11.7. The standard InChI is InChI=1S/C16H17N3OS2/c20-15(12-22-11-13-7-3-1-4-8-13)18-19-16(21)17-14-9-5-2-6-10-14/h1-10H,11-12H2,(H,18,20)(H2,17,19,21). The fourth-order valence-electron chi connectivity index (χ4n) is 1.68. The molecule has 0 aliphatic rings. The molecule has 22 heavy (non-hydrogen) atoms. The van der Waals surface area contributed by atoms with Gasteiger partial charge in [0.05, 0.1) is 5.75 Å². The molecule has 6 heteroatoms. The third-order valence-corrected chi connectivity index (χ3v) is 3.90. The van der Waals surface area contributed by atoms with Crippen LogP contribution in [0.3, 0.4) is 0 Å². The normalized spacial score (nSPS) is 9.82. The lowest BCUT2D eigenvalue weighted by Gasteiger charge is -2.11. The first kappa shape index (κ1) is 16.3. The van der Waals surface area contributed by atoms with Crippen molar-refractivity contribution in [1.29, 1.82) is 0 Å². The highest BCUT2D eigenvalue weighted by molar-refractivity contribution is 7.99. The van der Waals surface area contributed by atoms with Crippen molar-refractivity contribution in [3.05, 3.63) is 66.2 Å². The fourth-order valence-corrected chi connectivity index (χ4v) is 2.64. The van der Waals surface area contributed by atoms with Crippen LogP contribution in [0.25, 0.3) is 0 Å². The van der Waals surface area contributed by atoms with E-state index in [0.29, 0.717) is 10.9 Å². The number of para-hydroxylation sites is 1. The van der Waals surface area contributed by atoms with E-state index < -0.39 is 0 Å². The molecule has 0 heterocycles. The van der Waals surface area contributed by atoms with Gasteiger partial charge < -0.3 is 5.32 Å². The average Bonchev–Trinajstić information content (AvgIpc) is 2.55. The Hall–Kier alpha value is -2.05. The number of carbonyl (C=O) groups excluding carboxylic acids is 1. The van der Waals surface area contributed by atoms with Crippen LogP contribution < -0.4 is 16.2 Å². The fraction of sp³-hybridized carbons (Fsp3) is 0.125. The lowest BCUT2D eigenvalue weighted by Crippen LogP contribution is -2.44. The molecule has 0 atom stereocenters. The van der Waals surface area contributed by atoms with E-state index in [1.807, 2.05) is 60.7 Å². The zero-order valence-corrected chi connectivity index (χ0v) is 13.5. The summed E-state index contributed by atoms with van der Waals surface area (Å²) in [6, 6.07) is 19.6. The van der Waals surface area contributed by atoms with Gasteiger partial charge in [0, 0.05) is 11.4 Å². The first-order valence-corrected chi connectivity index (χ1v) is 8.33. The van der Waals surface area contributed by atoms with Crippen molar-refractivity contribution < 1.29 is 4.79 Å². The minimum Gasteiger partial charge on any atom is -0.331 e. The highest BCUT2D eigenvalue weighted by atomic mass is 32.2. The van der Waals surface area contributed by atoms with Crippen LogP contribution in [0.1, 0.15) is 5.56 Å². The molecule has 0 saturated carbocycles. The van der Waals surface area contributed by atoms with Crippen molar-refractivity contribution in [2.24, 2.45) is 0 Å². The van der Waals surface area contributed by atoms with E-state index in [-0.39, 0.29) is 5.91 Å². The van der Waals surface area contributed by atoms with E-state index in [0.717, 1.165) is 11.4 Å². The second-order valence-electron chi connectivity index (χ2n) is 4.47. The van der Waals surface area contributed by atoms with E-state index in [4.69, 9.17) is 12.2 Å². The van der Waals surface area contributed by atoms with Crippen LogP contribution >= 0.6 is 24.0 Å². The molecule has 0 fully saturated rings. The number of nitrogens with one attached hydrogen (secondary N) is 3. The van der Waals surface area contributed by atoms with Crippen LogP contribution in [-0.4, -0.2) is 16.8 Å². The minimum atomic E-state index is -0.113. The lowest BCUT2D eigenvalue weighted by molar-refractivity contribution is -0.119. The number of hydrazine groups is 1. The van der Waals surface area contributed by atoms with Gasteiger partial charge in [-0.1, -0.05) is 48.5 Å². The van der Waals surface area contributed by atoms with Crippen molar-refractivity contribution in [2.45, 2.75) is 5.75 Å². The Labute approximate surface area is 139 Å². The van der Waals surface area contributed by atoms with Crippen LogP contribution in [0, 0.1) is 0 Å². The second-order valence-corrected chi connectivity index (χ2v) is 5.87. The summed E-state index contributed by atoms with van der Waals surface area (Å²) in [5, 5.41) is 3.33. The van der Waals surface area contributed by atoms with Gasteiger partial charge in [-0.25, -0.2) is 0 Å². The molecule has 0 unspecified atom stereocenters. The molecule has 0 radical (unpaired) electrons. The third kappa shape index (κ3) is 6.15. The molecule has 4 nitrogen and oxygen atoms in total. The summed E-state index contributed by atoms with van der Waals surface area (Å²) in [4.78, 5) is 11.7. The predicted octanol–water partition coefficient (Wildman–Crippen LogP) is 2.94. The summed E-state index contributed by atoms with van der Waals surface area (Å²) < 4.78 is 0. The monoisotopic (exact) mass is 331 g/mol. The molecule has 0 aliphatic heterocycles. The molecule has 3 N–H and O–H groups in total. The van der Waals surface area contributed by atoms with Crippen molar-refractivity contribution >= 4 is 40.7 Å². The Morgan fingerprint density at radius 1 is 0.955 bits per heavy atom. The number of rotatable bonds is 5. The first-order chi connectivity index (χ1) is 10.7. The van der Waals surface area contributed by atoms with Gasteiger partial charge in [-0.15, -0.1) is 11.8 Å². The van der Waals surface area contributed by atoms with Crippen molar-refractivity contribution in [1.82, 2.24) is 10.9 Å². The highest BCUT2D eigenvalue weighted by Gasteiger charge is 2.03. The second kappa shape index (κ2) is 9.07. The Bertz CT molecular complexity index is 605. The van der Waals surface area contributed by atoms with Crippen LogP contribution in [0.2, 0.25) is 0 Å². The zero-order valence-electron chi connectivity index (χ0n) is 11.9. The smallest absolute Gasteiger partial charge is 0.248 e. The molecule has 0 bridgehead atoms. The molecule has 2 rings (SSSR count). The van der Waals surface area contributed by atoms with Crippen LogP contribution in [0.4, 0.5) is 5.69 Å². The van der Waals surface area contributed by atoms with E-state index in [1.165, 1.54) is 5.56 Å². The summed E-state index contributed by atoms with van der Waals surface area (Å²) in [6.07, 6.45) is 0. The molecule has 114 valence electrons. The number of carbonyl (C=O) groups is 1. The number of thioether (sulfide) groups is 1. The number of hydrogen-bond donors (Lipinski definition) is 3. The number of amides is 1. The van der Waals surface area contributed by atoms with E-state index in [2.05, 4.69) is 16.2 Å². The number of anilines is 1. The van der Waals surface area contributed by atoms with Crippen LogP contribution in [-0.2, 0) is 10.5 Å². The molecule has 0 spiro atoms. The van der Waals surface area contributed by atoms with Crippen LogP contribution in [0.15, 0.2) is 60.7 Å². The van der Waals surface area contributed by atoms with Gasteiger partial charge in [0.2, 0.25) is 5.91 Å². The third-order valence-electron chi connectivity index (χ3n) is 2.69. The zero-order chi connectivity index (χ0) is 15.6. The largest absolute Gasteiger partial charge is 0.331 e. The van der Waals surface area contributed by atoms with Gasteiger partial charge in [0.25, 0.3) is 0 Å². The summed E-state index contributed by atoms with van der Waals surface area (Å²) in [7, 11) is 0. The first-order valence-electron chi connectivity index (χ1n) is 6.76. The maximum Gasteiger partial charge on any atom is 0.248 e. The topological polar surface area (TPSA) is 53.2 Å². The Kier molecular flexibility index (Phi) is 6.73. The van der Waals surface area contributed by atoms with Gasteiger partial charge in [0.1, 0.15) is 0 Å². The summed E-state index contributed by atoms with van der Waals surface area (Å²) in [6.45, 7) is 0.